The van der Waals surface area contributed by atoms with Gasteiger partial charge in [0.15, 0.2) is 0 Å². The van der Waals surface area contributed by atoms with Gasteiger partial charge in [0.25, 0.3) is 0 Å². The number of benzene rings is 2. The lowest BCUT2D eigenvalue weighted by atomic mass is 10.1. The average molecular weight is 356 g/mol. The van der Waals surface area contributed by atoms with Crippen molar-refractivity contribution in [1.82, 2.24) is 0 Å². The van der Waals surface area contributed by atoms with Crippen LogP contribution in [0.25, 0.3) is 0 Å². The maximum absolute atomic E-state index is 12.8. The monoisotopic (exact) mass is 355 g/mol. The fraction of sp³-hybridized carbons (Fsp3) is 0.0714. The van der Waals surface area contributed by atoms with Gasteiger partial charge < -0.3 is 11.1 Å². The second-order valence-corrected chi connectivity index (χ2v) is 5.09. The number of alkyl halides is 3. The van der Waals surface area contributed by atoms with E-state index in [0.29, 0.717) is 11.4 Å². The molecule has 0 saturated carbocycles. The van der Waals surface area contributed by atoms with E-state index in [1.807, 2.05) is 6.07 Å². The predicted octanol–water partition coefficient (Wildman–Crippen LogP) is 4.67. The van der Waals surface area contributed by atoms with Gasteiger partial charge in [-0.05, 0) is 36.4 Å². The maximum atomic E-state index is 12.8. The van der Waals surface area contributed by atoms with Gasteiger partial charge in [-0.1, -0.05) is 15.9 Å². The van der Waals surface area contributed by atoms with Gasteiger partial charge in [0.05, 0.1) is 16.8 Å². The molecule has 0 saturated heterocycles. The van der Waals surface area contributed by atoms with Gasteiger partial charge in [-0.15, -0.1) is 0 Å². The molecule has 0 atom stereocenters. The van der Waals surface area contributed by atoms with Crippen LogP contribution in [0.1, 0.15) is 11.1 Å². The molecule has 3 N–H and O–H groups in total. The summed E-state index contributed by atoms with van der Waals surface area (Å²) in [6, 6.07) is 10.3. The molecule has 0 heterocycles. The van der Waals surface area contributed by atoms with Crippen molar-refractivity contribution in [2.45, 2.75) is 6.18 Å². The Morgan fingerprint density at radius 1 is 1.14 bits per heavy atom. The molecule has 0 fully saturated rings. The van der Waals surface area contributed by atoms with Crippen molar-refractivity contribution >= 4 is 33.0 Å². The molecule has 0 aliphatic rings. The Morgan fingerprint density at radius 3 is 2.48 bits per heavy atom. The van der Waals surface area contributed by atoms with Gasteiger partial charge in [-0.2, -0.15) is 18.4 Å². The molecule has 2 rings (SSSR count). The number of hydrogen-bond donors (Lipinski definition) is 2. The normalized spacial score (nSPS) is 11.0. The van der Waals surface area contributed by atoms with E-state index in [9.17, 15) is 13.2 Å². The van der Waals surface area contributed by atoms with E-state index >= 15 is 0 Å². The second kappa shape index (κ2) is 5.66. The third-order valence-corrected chi connectivity index (χ3v) is 3.41. The van der Waals surface area contributed by atoms with Gasteiger partial charge in [-0.3, -0.25) is 0 Å². The van der Waals surface area contributed by atoms with Crippen molar-refractivity contribution in [2.75, 3.05) is 11.1 Å². The van der Waals surface area contributed by atoms with Gasteiger partial charge in [0.2, 0.25) is 0 Å². The van der Waals surface area contributed by atoms with Gasteiger partial charge >= 0.3 is 6.18 Å². The SMILES string of the molecule is N#Cc1cc(N)ccc1Nc1ccc(Br)c(C(F)(F)F)c1. The van der Waals surface area contributed by atoms with Gasteiger partial charge in [0, 0.05) is 15.8 Å². The van der Waals surface area contributed by atoms with E-state index in [1.165, 1.54) is 18.2 Å². The molecule has 108 valence electrons. The highest BCUT2D eigenvalue weighted by Gasteiger charge is 2.33. The quantitative estimate of drug-likeness (QED) is 0.769. The first-order chi connectivity index (χ1) is 9.81. The Morgan fingerprint density at radius 2 is 1.86 bits per heavy atom. The second-order valence-electron chi connectivity index (χ2n) is 4.23. The maximum Gasteiger partial charge on any atom is 0.417 e. The fourth-order valence-electron chi connectivity index (χ4n) is 1.74. The molecule has 0 unspecified atom stereocenters. The summed E-state index contributed by atoms with van der Waals surface area (Å²) in [7, 11) is 0. The van der Waals surface area contributed by atoms with Crippen LogP contribution in [-0.4, -0.2) is 0 Å². The van der Waals surface area contributed by atoms with E-state index in [1.54, 1.807) is 12.1 Å². The van der Waals surface area contributed by atoms with Crippen LogP contribution in [0.5, 0.6) is 0 Å². The number of nitrogens with zero attached hydrogens (tertiary/aromatic N) is 1. The van der Waals surface area contributed by atoms with Gasteiger partial charge in [-0.25, -0.2) is 0 Å². The summed E-state index contributed by atoms with van der Waals surface area (Å²) < 4.78 is 38.5. The largest absolute Gasteiger partial charge is 0.417 e. The number of halogens is 4. The van der Waals surface area contributed by atoms with Gasteiger partial charge in [0.1, 0.15) is 6.07 Å². The average Bonchev–Trinajstić information content (AvgIpc) is 2.41. The zero-order valence-corrected chi connectivity index (χ0v) is 12.1. The Hall–Kier alpha value is -2.20. The smallest absolute Gasteiger partial charge is 0.399 e. The third kappa shape index (κ3) is 3.47. The molecule has 0 aliphatic heterocycles. The first-order valence-corrected chi connectivity index (χ1v) is 6.54. The Balaban J connectivity index is 2.40. The van der Waals surface area contributed by atoms with E-state index in [4.69, 9.17) is 11.0 Å². The lowest BCUT2D eigenvalue weighted by molar-refractivity contribution is -0.138. The van der Waals surface area contributed by atoms with Crippen molar-refractivity contribution in [2.24, 2.45) is 0 Å². The van der Waals surface area contributed by atoms with Crippen LogP contribution in [0.2, 0.25) is 0 Å². The van der Waals surface area contributed by atoms with Crippen molar-refractivity contribution in [1.29, 1.82) is 5.26 Å². The molecule has 3 nitrogen and oxygen atoms in total. The van der Waals surface area contributed by atoms with E-state index in [2.05, 4.69) is 21.2 Å². The Labute approximate surface area is 127 Å². The van der Waals surface area contributed by atoms with Crippen LogP contribution >= 0.6 is 15.9 Å². The molecule has 0 amide bonds. The zero-order valence-electron chi connectivity index (χ0n) is 10.5. The topological polar surface area (TPSA) is 61.8 Å². The van der Waals surface area contributed by atoms with E-state index in [0.717, 1.165) is 6.07 Å². The number of nitrogens with one attached hydrogen (secondary N) is 1. The number of rotatable bonds is 2. The minimum atomic E-state index is -4.46. The lowest BCUT2D eigenvalue weighted by Crippen LogP contribution is -2.07. The molecule has 21 heavy (non-hydrogen) atoms. The summed E-state index contributed by atoms with van der Waals surface area (Å²) in [5.41, 5.74) is 6.06. The molecule has 0 aromatic heterocycles. The number of nitriles is 1. The molecule has 2 aromatic carbocycles. The summed E-state index contributed by atoms with van der Waals surface area (Å²) in [6.07, 6.45) is -4.46. The first-order valence-electron chi connectivity index (χ1n) is 5.74. The highest BCUT2D eigenvalue weighted by atomic mass is 79.9. The minimum absolute atomic E-state index is 0.0432. The summed E-state index contributed by atoms with van der Waals surface area (Å²) in [4.78, 5) is 0. The first kappa shape index (κ1) is 15.2. The van der Waals surface area contributed by atoms with Crippen LogP contribution in [0.15, 0.2) is 40.9 Å². The van der Waals surface area contributed by atoms with E-state index in [-0.39, 0.29) is 15.7 Å². The van der Waals surface area contributed by atoms with E-state index < -0.39 is 11.7 Å². The van der Waals surface area contributed by atoms with Crippen LogP contribution in [0.3, 0.4) is 0 Å². The third-order valence-electron chi connectivity index (χ3n) is 2.71. The van der Waals surface area contributed by atoms with Crippen molar-refractivity contribution in [3.8, 4) is 6.07 Å². The summed E-state index contributed by atoms with van der Waals surface area (Å²) in [6.45, 7) is 0. The highest BCUT2D eigenvalue weighted by Crippen LogP contribution is 2.37. The Bertz CT molecular complexity index is 720. The summed E-state index contributed by atoms with van der Waals surface area (Å²) in [5, 5.41) is 11.8. The predicted molar refractivity (Wildman–Crippen MR) is 78.0 cm³/mol. The van der Waals surface area contributed by atoms with Crippen LogP contribution in [0, 0.1) is 11.3 Å². The number of nitrogen functional groups attached to an aromatic ring is 1. The fourth-order valence-corrected chi connectivity index (χ4v) is 2.21. The summed E-state index contributed by atoms with van der Waals surface area (Å²) >= 11 is 2.87. The van der Waals surface area contributed by atoms with Crippen LogP contribution in [0.4, 0.5) is 30.2 Å². The molecule has 0 spiro atoms. The minimum Gasteiger partial charge on any atom is -0.399 e. The van der Waals surface area contributed by atoms with Crippen molar-refractivity contribution in [3.63, 3.8) is 0 Å². The number of anilines is 3. The zero-order chi connectivity index (χ0) is 15.6. The number of nitrogens with two attached hydrogens (primary N) is 1. The van der Waals surface area contributed by atoms with Crippen LogP contribution in [-0.2, 0) is 6.18 Å². The molecule has 2 aromatic rings. The summed E-state index contributed by atoms with van der Waals surface area (Å²) in [5.74, 6) is 0. The molecule has 0 aliphatic carbocycles. The molecule has 0 radical (unpaired) electrons. The van der Waals surface area contributed by atoms with Crippen molar-refractivity contribution < 1.29 is 13.2 Å². The lowest BCUT2D eigenvalue weighted by Gasteiger charge is -2.13. The number of hydrogen-bond acceptors (Lipinski definition) is 3. The Kier molecular flexibility index (Phi) is 4.09. The van der Waals surface area contributed by atoms with Crippen LogP contribution < -0.4 is 11.1 Å². The standard InChI is InChI=1S/C14H9BrF3N3/c15-12-3-2-10(6-11(12)14(16,17)18)21-13-4-1-9(20)5-8(13)7-19/h1-6,21H,20H2. The highest BCUT2D eigenvalue weighted by molar-refractivity contribution is 9.10. The molecule has 0 bridgehead atoms. The molecular weight excluding hydrogens is 347 g/mol. The molecular formula is C14H9BrF3N3. The molecule has 7 heteroatoms. The van der Waals surface area contributed by atoms with Crippen molar-refractivity contribution in [3.05, 3.63) is 52.0 Å².